The third kappa shape index (κ3) is 2.95. The van der Waals surface area contributed by atoms with Crippen LogP contribution in [0.25, 0.3) is 0 Å². The highest BCUT2D eigenvalue weighted by Gasteiger charge is 2.25. The molecular formula is C19H20N2O3. The van der Waals surface area contributed by atoms with Crippen molar-refractivity contribution in [3.05, 3.63) is 59.7 Å². The number of rotatable bonds is 3. The van der Waals surface area contributed by atoms with Gasteiger partial charge in [0.2, 0.25) is 0 Å². The maximum atomic E-state index is 12.5. The Morgan fingerprint density at radius 3 is 2.58 bits per heavy atom. The topological polar surface area (TPSA) is 50.8 Å². The molecule has 0 unspecified atom stereocenters. The first-order valence-corrected chi connectivity index (χ1v) is 8.26. The molecular weight excluding hydrogens is 304 g/mol. The average Bonchev–Trinajstić information content (AvgIpc) is 3.06. The highest BCUT2D eigenvalue weighted by atomic mass is 16.5. The van der Waals surface area contributed by atoms with Crippen molar-refractivity contribution < 1.29 is 14.3 Å². The van der Waals surface area contributed by atoms with Gasteiger partial charge in [-0.3, -0.25) is 4.79 Å². The van der Waals surface area contributed by atoms with E-state index in [4.69, 9.17) is 9.47 Å². The minimum Gasteiger partial charge on any atom is -0.491 e. The van der Waals surface area contributed by atoms with Crippen LogP contribution in [-0.4, -0.2) is 38.8 Å². The zero-order chi connectivity index (χ0) is 16.4. The van der Waals surface area contributed by atoms with Crippen LogP contribution in [0.1, 0.15) is 22.0 Å². The largest absolute Gasteiger partial charge is 0.491 e. The molecule has 5 heteroatoms. The van der Waals surface area contributed by atoms with Gasteiger partial charge in [-0.05, 0) is 30.3 Å². The van der Waals surface area contributed by atoms with Crippen LogP contribution in [0, 0.1) is 0 Å². The molecule has 0 aromatic heterocycles. The summed E-state index contributed by atoms with van der Waals surface area (Å²) in [5.41, 5.74) is 2.83. The SMILES string of the molecule is O=C(N[C@@H]1COc2ccccc21)c1ccc(N2CCOCC2)cc1. The Labute approximate surface area is 141 Å². The Bertz CT molecular complexity index is 724. The summed E-state index contributed by atoms with van der Waals surface area (Å²) in [6.45, 7) is 3.77. The van der Waals surface area contributed by atoms with Crippen molar-refractivity contribution in [1.82, 2.24) is 5.32 Å². The molecule has 0 radical (unpaired) electrons. The van der Waals surface area contributed by atoms with Gasteiger partial charge < -0.3 is 19.7 Å². The summed E-state index contributed by atoms with van der Waals surface area (Å²) < 4.78 is 11.0. The third-order valence-corrected chi connectivity index (χ3v) is 4.51. The molecule has 1 saturated heterocycles. The quantitative estimate of drug-likeness (QED) is 0.942. The fourth-order valence-corrected chi connectivity index (χ4v) is 3.17. The Morgan fingerprint density at radius 1 is 1.04 bits per heavy atom. The second-order valence-corrected chi connectivity index (χ2v) is 6.02. The molecule has 0 spiro atoms. The van der Waals surface area contributed by atoms with E-state index in [0.29, 0.717) is 12.2 Å². The van der Waals surface area contributed by atoms with E-state index in [1.54, 1.807) is 0 Å². The van der Waals surface area contributed by atoms with Crippen molar-refractivity contribution in [3.8, 4) is 5.75 Å². The number of para-hydroxylation sites is 1. The Morgan fingerprint density at radius 2 is 1.79 bits per heavy atom. The molecule has 2 aliphatic heterocycles. The number of anilines is 1. The maximum Gasteiger partial charge on any atom is 0.251 e. The van der Waals surface area contributed by atoms with Gasteiger partial charge in [0.1, 0.15) is 12.4 Å². The van der Waals surface area contributed by atoms with Gasteiger partial charge in [-0.25, -0.2) is 0 Å². The fraction of sp³-hybridized carbons (Fsp3) is 0.316. The van der Waals surface area contributed by atoms with Gasteiger partial charge in [0, 0.05) is 29.9 Å². The van der Waals surface area contributed by atoms with Crippen LogP contribution in [0.4, 0.5) is 5.69 Å². The Kier molecular flexibility index (Phi) is 4.09. The maximum absolute atomic E-state index is 12.5. The lowest BCUT2D eigenvalue weighted by Gasteiger charge is -2.28. The molecule has 2 heterocycles. The van der Waals surface area contributed by atoms with Gasteiger partial charge in [0.05, 0.1) is 19.3 Å². The number of amides is 1. The molecule has 2 aromatic carbocycles. The van der Waals surface area contributed by atoms with Gasteiger partial charge in [0.25, 0.3) is 5.91 Å². The zero-order valence-electron chi connectivity index (χ0n) is 13.4. The summed E-state index contributed by atoms with van der Waals surface area (Å²) in [5, 5.41) is 3.05. The highest BCUT2D eigenvalue weighted by Crippen LogP contribution is 2.31. The Balaban J connectivity index is 1.43. The molecule has 124 valence electrons. The lowest BCUT2D eigenvalue weighted by molar-refractivity contribution is 0.0930. The second-order valence-electron chi connectivity index (χ2n) is 6.02. The van der Waals surface area contributed by atoms with E-state index in [9.17, 15) is 4.79 Å². The summed E-state index contributed by atoms with van der Waals surface area (Å²) in [4.78, 5) is 14.8. The van der Waals surface area contributed by atoms with E-state index in [2.05, 4.69) is 10.2 Å². The van der Waals surface area contributed by atoms with Gasteiger partial charge in [-0.1, -0.05) is 18.2 Å². The summed E-state index contributed by atoms with van der Waals surface area (Å²) in [5.74, 6) is 0.777. The smallest absolute Gasteiger partial charge is 0.251 e. The lowest BCUT2D eigenvalue weighted by Crippen LogP contribution is -2.36. The normalized spacial score (nSPS) is 19.5. The van der Waals surface area contributed by atoms with Gasteiger partial charge in [0.15, 0.2) is 0 Å². The predicted molar refractivity (Wildman–Crippen MR) is 91.6 cm³/mol. The molecule has 1 N–H and O–H groups in total. The average molecular weight is 324 g/mol. The van der Waals surface area contributed by atoms with Gasteiger partial charge in [-0.2, -0.15) is 0 Å². The molecule has 24 heavy (non-hydrogen) atoms. The number of hydrogen-bond acceptors (Lipinski definition) is 4. The van der Waals surface area contributed by atoms with Crippen LogP contribution in [0.15, 0.2) is 48.5 Å². The van der Waals surface area contributed by atoms with Crippen LogP contribution in [0.2, 0.25) is 0 Å². The molecule has 2 aliphatic rings. The number of morpholine rings is 1. The number of carbonyl (C=O) groups excluding carboxylic acids is 1. The standard InChI is InChI=1S/C19H20N2O3/c22-19(20-17-13-24-18-4-2-1-3-16(17)18)14-5-7-15(8-6-14)21-9-11-23-12-10-21/h1-8,17H,9-13H2,(H,20,22)/t17-/m1/s1. The molecule has 0 saturated carbocycles. The summed E-state index contributed by atoms with van der Waals surface area (Å²) in [6.07, 6.45) is 0. The van der Waals surface area contributed by atoms with Crippen LogP contribution >= 0.6 is 0 Å². The first-order valence-electron chi connectivity index (χ1n) is 8.26. The first kappa shape index (κ1) is 15.0. The van der Waals surface area contributed by atoms with Crippen molar-refractivity contribution in [2.45, 2.75) is 6.04 Å². The van der Waals surface area contributed by atoms with E-state index in [1.807, 2.05) is 48.5 Å². The van der Waals surface area contributed by atoms with E-state index in [-0.39, 0.29) is 11.9 Å². The number of fused-ring (bicyclic) bond motifs is 1. The lowest BCUT2D eigenvalue weighted by atomic mass is 10.1. The monoisotopic (exact) mass is 324 g/mol. The minimum absolute atomic E-state index is 0.0752. The number of benzene rings is 2. The Hall–Kier alpha value is -2.53. The second kappa shape index (κ2) is 6.53. The van der Waals surface area contributed by atoms with Gasteiger partial charge >= 0.3 is 0 Å². The van der Waals surface area contributed by atoms with E-state index in [1.165, 1.54) is 0 Å². The zero-order valence-corrected chi connectivity index (χ0v) is 13.4. The van der Waals surface area contributed by atoms with Gasteiger partial charge in [-0.15, -0.1) is 0 Å². The molecule has 0 aliphatic carbocycles. The molecule has 0 bridgehead atoms. The third-order valence-electron chi connectivity index (χ3n) is 4.51. The van der Waals surface area contributed by atoms with E-state index < -0.39 is 0 Å². The van der Waals surface area contributed by atoms with Crippen LogP contribution in [-0.2, 0) is 4.74 Å². The summed E-state index contributed by atoms with van der Waals surface area (Å²) in [7, 11) is 0. The van der Waals surface area contributed by atoms with Crippen molar-refractivity contribution >= 4 is 11.6 Å². The summed E-state index contributed by atoms with van der Waals surface area (Å²) >= 11 is 0. The van der Waals surface area contributed by atoms with E-state index in [0.717, 1.165) is 43.3 Å². The number of nitrogens with one attached hydrogen (secondary N) is 1. The van der Waals surface area contributed by atoms with Crippen molar-refractivity contribution in [2.24, 2.45) is 0 Å². The van der Waals surface area contributed by atoms with Crippen LogP contribution in [0.3, 0.4) is 0 Å². The number of hydrogen-bond donors (Lipinski definition) is 1. The fourth-order valence-electron chi connectivity index (χ4n) is 3.17. The first-order chi connectivity index (χ1) is 11.8. The minimum atomic E-state index is -0.0902. The molecule has 1 amide bonds. The summed E-state index contributed by atoms with van der Waals surface area (Å²) in [6, 6.07) is 15.5. The molecule has 4 rings (SSSR count). The predicted octanol–water partition coefficient (Wildman–Crippen LogP) is 2.39. The number of nitrogens with zero attached hydrogens (tertiary/aromatic N) is 1. The molecule has 5 nitrogen and oxygen atoms in total. The van der Waals surface area contributed by atoms with Crippen LogP contribution < -0.4 is 15.0 Å². The molecule has 2 aromatic rings. The molecule has 1 fully saturated rings. The van der Waals surface area contributed by atoms with Crippen molar-refractivity contribution in [1.29, 1.82) is 0 Å². The number of ether oxygens (including phenoxy) is 2. The number of carbonyl (C=O) groups is 1. The van der Waals surface area contributed by atoms with Crippen LogP contribution in [0.5, 0.6) is 5.75 Å². The highest BCUT2D eigenvalue weighted by molar-refractivity contribution is 5.94. The van der Waals surface area contributed by atoms with Crippen molar-refractivity contribution in [2.75, 3.05) is 37.8 Å². The van der Waals surface area contributed by atoms with Crippen molar-refractivity contribution in [3.63, 3.8) is 0 Å². The van der Waals surface area contributed by atoms with E-state index >= 15 is 0 Å². The molecule has 1 atom stereocenters.